The van der Waals surface area contributed by atoms with Gasteiger partial charge < -0.3 is 0 Å². The number of nitrogens with zero attached hydrogens (tertiary/aromatic N) is 2. The highest BCUT2D eigenvalue weighted by Crippen LogP contribution is 2.14. The molecule has 4 nitrogen and oxygen atoms in total. The average Bonchev–Trinajstić information content (AvgIpc) is 2.38. The Kier molecular flexibility index (Phi) is 6.76. The first kappa shape index (κ1) is 16.9. The van der Waals surface area contributed by atoms with Gasteiger partial charge in [-0.1, -0.05) is 28.1 Å². The van der Waals surface area contributed by atoms with E-state index in [-0.39, 0.29) is 0 Å². The number of rotatable bonds is 7. The zero-order chi connectivity index (χ0) is 14.5. The van der Waals surface area contributed by atoms with Crippen LogP contribution in [0.2, 0.25) is 0 Å². The second-order valence-electron chi connectivity index (χ2n) is 4.25. The topological polar surface area (TPSA) is 40.6 Å². The number of halogens is 2. The predicted molar refractivity (Wildman–Crippen MR) is 82.5 cm³/mol. The van der Waals surface area contributed by atoms with Crippen molar-refractivity contribution in [1.82, 2.24) is 8.61 Å². The summed E-state index contributed by atoms with van der Waals surface area (Å²) >= 11 is 8.93. The minimum absolute atomic E-state index is 0.348. The zero-order valence-electron chi connectivity index (χ0n) is 11.0. The quantitative estimate of drug-likeness (QED) is 0.693. The van der Waals surface area contributed by atoms with Crippen LogP contribution < -0.4 is 0 Å². The van der Waals surface area contributed by atoms with Gasteiger partial charge in [0.25, 0.3) is 10.2 Å². The van der Waals surface area contributed by atoms with Crippen LogP contribution in [-0.4, -0.2) is 43.5 Å². The molecular weight excluding hydrogens is 352 g/mol. The van der Waals surface area contributed by atoms with Gasteiger partial charge in [-0.3, -0.25) is 0 Å². The molecule has 0 aromatic heterocycles. The van der Waals surface area contributed by atoms with Crippen LogP contribution >= 0.6 is 27.5 Å². The van der Waals surface area contributed by atoms with E-state index in [1.165, 1.54) is 8.61 Å². The van der Waals surface area contributed by atoms with Crippen molar-refractivity contribution in [2.24, 2.45) is 0 Å². The first-order chi connectivity index (χ1) is 8.87. The molecule has 0 aliphatic rings. The lowest BCUT2D eigenvalue weighted by atomic mass is 10.2. The molecule has 0 aliphatic carbocycles. The fourth-order valence-corrected chi connectivity index (χ4v) is 3.10. The third kappa shape index (κ3) is 5.04. The van der Waals surface area contributed by atoms with Crippen molar-refractivity contribution in [3.8, 4) is 0 Å². The van der Waals surface area contributed by atoms with E-state index in [4.69, 9.17) is 11.6 Å². The SMILES string of the molecule is CN(CCCCl)S(=O)(=O)N(C)Cc1ccc(Br)cc1. The van der Waals surface area contributed by atoms with Crippen LogP contribution in [0.25, 0.3) is 0 Å². The van der Waals surface area contributed by atoms with Crippen LogP contribution in [0.15, 0.2) is 28.7 Å². The Morgan fingerprint density at radius 2 is 1.74 bits per heavy atom. The molecule has 0 spiro atoms. The third-order valence-electron chi connectivity index (χ3n) is 2.71. The lowest BCUT2D eigenvalue weighted by molar-refractivity contribution is 0.389. The number of alkyl halides is 1. The van der Waals surface area contributed by atoms with E-state index in [1.807, 2.05) is 24.3 Å². The molecule has 0 bridgehead atoms. The number of benzene rings is 1. The van der Waals surface area contributed by atoms with E-state index in [0.29, 0.717) is 25.4 Å². The summed E-state index contributed by atoms with van der Waals surface area (Å²) in [4.78, 5) is 0. The molecule has 1 rings (SSSR count). The van der Waals surface area contributed by atoms with E-state index >= 15 is 0 Å². The number of hydrogen-bond donors (Lipinski definition) is 0. The first-order valence-corrected chi connectivity index (χ1v) is 8.58. The van der Waals surface area contributed by atoms with E-state index in [9.17, 15) is 8.42 Å². The Hall–Kier alpha value is -0.140. The van der Waals surface area contributed by atoms with Gasteiger partial charge in [0, 0.05) is 37.5 Å². The predicted octanol–water partition coefficient (Wildman–Crippen LogP) is 2.69. The molecule has 1 aromatic rings. The summed E-state index contributed by atoms with van der Waals surface area (Å²) in [6, 6.07) is 7.59. The van der Waals surface area contributed by atoms with Crippen molar-refractivity contribution in [2.75, 3.05) is 26.5 Å². The van der Waals surface area contributed by atoms with Gasteiger partial charge in [-0.2, -0.15) is 17.0 Å². The van der Waals surface area contributed by atoms with Gasteiger partial charge in [-0.15, -0.1) is 11.6 Å². The zero-order valence-corrected chi connectivity index (χ0v) is 14.2. The molecule has 108 valence electrons. The standard InChI is InChI=1S/C12H18BrClN2O2S/c1-15(9-3-8-14)19(17,18)16(2)10-11-4-6-12(13)7-5-11/h4-7H,3,8-10H2,1-2H3. The number of hydrogen-bond acceptors (Lipinski definition) is 2. The van der Waals surface area contributed by atoms with Crippen molar-refractivity contribution in [3.05, 3.63) is 34.3 Å². The second-order valence-corrected chi connectivity index (χ2v) is 7.69. The molecular formula is C12H18BrClN2O2S. The summed E-state index contributed by atoms with van der Waals surface area (Å²) in [6.45, 7) is 0.775. The molecule has 0 fully saturated rings. The summed E-state index contributed by atoms with van der Waals surface area (Å²) in [5, 5.41) is 0. The Bertz CT molecular complexity index is 493. The highest BCUT2D eigenvalue weighted by molar-refractivity contribution is 9.10. The molecule has 0 amide bonds. The smallest absolute Gasteiger partial charge is 0.195 e. The molecule has 1 aromatic carbocycles. The van der Waals surface area contributed by atoms with E-state index in [1.54, 1.807) is 14.1 Å². The minimum atomic E-state index is -3.42. The maximum absolute atomic E-state index is 12.2. The largest absolute Gasteiger partial charge is 0.281 e. The maximum atomic E-state index is 12.2. The van der Waals surface area contributed by atoms with Gasteiger partial charge in [-0.25, -0.2) is 0 Å². The van der Waals surface area contributed by atoms with Crippen LogP contribution in [-0.2, 0) is 16.8 Å². The van der Waals surface area contributed by atoms with Crippen LogP contribution in [0, 0.1) is 0 Å². The van der Waals surface area contributed by atoms with Crippen molar-refractivity contribution >= 4 is 37.7 Å². The lowest BCUT2D eigenvalue weighted by Gasteiger charge is -2.24. The lowest BCUT2D eigenvalue weighted by Crippen LogP contribution is -2.39. The van der Waals surface area contributed by atoms with Crippen LogP contribution in [0.5, 0.6) is 0 Å². The summed E-state index contributed by atoms with van der Waals surface area (Å²) in [5.41, 5.74) is 0.944. The van der Waals surface area contributed by atoms with Gasteiger partial charge in [0.2, 0.25) is 0 Å². The molecule has 0 saturated carbocycles. The fourth-order valence-electron chi connectivity index (χ4n) is 1.56. The van der Waals surface area contributed by atoms with Crippen molar-refractivity contribution in [1.29, 1.82) is 0 Å². The first-order valence-electron chi connectivity index (χ1n) is 5.86. The molecule has 19 heavy (non-hydrogen) atoms. The molecule has 0 aliphatic heterocycles. The Morgan fingerprint density at radius 3 is 2.26 bits per heavy atom. The highest BCUT2D eigenvalue weighted by Gasteiger charge is 2.23. The molecule has 0 atom stereocenters. The molecule has 0 radical (unpaired) electrons. The van der Waals surface area contributed by atoms with Gasteiger partial charge in [0.1, 0.15) is 0 Å². The third-order valence-corrected chi connectivity index (χ3v) is 5.40. The van der Waals surface area contributed by atoms with E-state index in [2.05, 4.69) is 15.9 Å². The summed E-state index contributed by atoms with van der Waals surface area (Å²) in [7, 11) is -0.276. The monoisotopic (exact) mass is 368 g/mol. The van der Waals surface area contributed by atoms with Crippen LogP contribution in [0.1, 0.15) is 12.0 Å². The average molecular weight is 370 g/mol. The van der Waals surface area contributed by atoms with E-state index in [0.717, 1.165) is 10.0 Å². The normalized spacial score (nSPS) is 12.3. The van der Waals surface area contributed by atoms with Crippen LogP contribution in [0.3, 0.4) is 0 Å². The van der Waals surface area contributed by atoms with Gasteiger partial charge in [0.05, 0.1) is 0 Å². The highest BCUT2D eigenvalue weighted by atomic mass is 79.9. The Balaban J connectivity index is 2.70. The molecule has 0 heterocycles. The fraction of sp³-hybridized carbons (Fsp3) is 0.500. The Labute approximate surface area is 128 Å². The van der Waals surface area contributed by atoms with Gasteiger partial charge in [-0.05, 0) is 24.1 Å². The minimum Gasteiger partial charge on any atom is -0.195 e. The Morgan fingerprint density at radius 1 is 1.16 bits per heavy atom. The summed E-state index contributed by atoms with van der Waals surface area (Å²) in [5.74, 6) is 0.455. The van der Waals surface area contributed by atoms with Crippen molar-refractivity contribution < 1.29 is 8.42 Å². The van der Waals surface area contributed by atoms with Crippen molar-refractivity contribution in [3.63, 3.8) is 0 Å². The maximum Gasteiger partial charge on any atom is 0.281 e. The second kappa shape index (κ2) is 7.59. The van der Waals surface area contributed by atoms with Gasteiger partial charge in [0.15, 0.2) is 0 Å². The van der Waals surface area contributed by atoms with Crippen molar-refractivity contribution in [2.45, 2.75) is 13.0 Å². The summed E-state index contributed by atoms with van der Waals surface area (Å²) < 4.78 is 28.1. The molecule has 0 unspecified atom stereocenters. The molecule has 0 N–H and O–H groups in total. The molecule has 0 saturated heterocycles. The van der Waals surface area contributed by atoms with Gasteiger partial charge >= 0.3 is 0 Å². The van der Waals surface area contributed by atoms with Crippen LogP contribution in [0.4, 0.5) is 0 Å². The molecule has 7 heteroatoms. The van der Waals surface area contributed by atoms with E-state index < -0.39 is 10.2 Å². The summed E-state index contributed by atoms with van der Waals surface area (Å²) in [6.07, 6.45) is 0.642.